The summed E-state index contributed by atoms with van der Waals surface area (Å²) < 4.78 is 12.5. The molecule has 3 aromatic rings. The van der Waals surface area contributed by atoms with Gasteiger partial charge in [-0.2, -0.15) is 0 Å². The van der Waals surface area contributed by atoms with Crippen LogP contribution in [0.25, 0.3) is 6.08 Å². The second-order valence-corrected chi connectivity index (χ2v) is 12.9. The number of carbonyl (C=O) groups excluding carboxylic acids is 2. The van der Waals surface area contributed by atoms with Crippen LogP contribution >= 0.6 is 0 Å². The normalized spacial score (nSPS) is 23.1. The van der Waals surface area contributed by atoms with Crippen LogP contribution in [0.1, 0.15) is 55.7 Å². The molecule has 0 aromatic heterocycles. The van der Waals surface area contributed by atoms with Crippen molar-refractivity contribution in [2.24, 2.45) is 17.8 Å². The number of carbonyl (C=O) groups is 2. The van der Waals surface area contributed by atoms with Crippen molar-refractivity contribution in [3.63, 3.8) is 0 Å². The number of nitrogens with zero attached hydrogens (tertiary/aromatic N) is 1. The van der Waals surface area contributed by atoms with Crippen LogP contribution < -0.4 is 9.64 Å². The minimum absolute atomic E-state index is 0.192. The second-order valence-electron chi connectivity index (χ2n) is 12.9. The second kappa shape index (κ2) is 13.7. The average molecular weight is 620 g/mol. The summed E-state index contributed by atoms with van der Waals surface area (Å²) in [6, 6.07) is 22.7. The molecule has 8 heteroatoms. The lowest BCUT2D eigenvalue weighted by atomic mass is 9.58. The minimum atomic E-state index is -1.04. The molecule has 0 unspecified atom stereocenters. The molecule has 0 radical (unpaired) electrons. The molecule has 7 nitrogen and oxygen atoms in total. The Balaban J connectivity index is 1.33. The number of phenolic OH excluding ortho intramolecular Hbond substituents is 1. The number of imide groups is 1. The van der Waals surface area contributed by atoms with Gasteiger partial charge in [0.1, 0.15) is 18.1 Å². The van der Waals surface area contributed by atoms with Gasteiger partial charge in [-0.1, -0.05) is 61.4 Å². The topological polar surface area (TPSA) is 96.3 Å². The molecule has 0 bridgehead atoms. The maximum atomic E-state index is 14.0. The molecule has 2 heterocycles. The van der Waals surface area contributed by atoms with Crippen molar-refractivity contribution < 1.29 is 29.1 Å². The van der Waals surface area contributed by atoms with Gasteiger partial charge in [-0.25, -0.2) is 0 Å². The number of hydrogen-bond acceptors (Lipinski definition) is 6. The maximum Gasteiger partial charge on any atom is 0.455 e. The Morgan fingerprint density at radius 3 is 2.33 bits per heavy atom. The average Bonchev–Trinajstić information content (AvgIpc) is 3.30. The van der Waals surface area contributed by atoms with Crippen LogP contribution in [0.3, 0.4) is 0 Å². The van der Waals surface area contributed by atoms with Gasteiger partial charge in [0.2, 0.25) is 11.8 Å². The van der Waals surface area contributed by atoms with Crippen LogP contribution in [0, 0.1) is 31.6 Å². The number of amides is 2. The predicted molar refractivity (Wildman–Crippen MR) is 180 cm³/mol. The number of hydrogen-bond donors (Lipinski definition) is 2. The Labute approximate surface area is 271 Å². The third-order valence-electron chi connectivity index (χ3n) is 9.66. The molecule has 3 aromatic carbocycles. The maximum absolute atomic E-state index is 14.0. The van der Waals surface area contributed by atoms with Crippen molar-refractivity contribution in [2.75, 3.05) is 11.5 Å². The molecule has 4 atom stereocenters. The lowest BCUT2D eigenvalue weighted by molar-refractivity contribution is -0.122. The van der Waals surface area contributed by atoms with Gasteiger partial charge in [-0.15, -0.1) is 0 Å². The van der Waals surface area contributed by atoms with Gasteiger partial charge in [0.15, 0.2) is 0 Å². The third kappa shape index (κ3) is 6.42. The molecular formula is C38H42BNO6. The number of fused-ring (bicyclic) bond motifs is 3. The van der Waals surface area contributed by atoms with Crippen LogP contribution in [-0.2, 0) is 14.2 Å². The lowest BCUT2D eigenvalue weighted by Crippen LogP contribution is -2.46. The molecule has 2 amide bonds. The predicted octanol–water partition coefficient (Wildman–Crippen LogP) is 7.05. The van der Waals surface area contributed by atoms with E-state index in [0.717, 1.165) is 52.8 Å². The van der Waals surface area contributed by atoms with Gasteiger partial charge in [0.05, 0.1) is 23.6 Å². The van der Waals surface area contributed by atoms with Gasteiger partial charge >= 0.3 is 7.12 Å². The van der Waals surface area contributed by atoms with E-state index in [2.05, 4.69) is 13.0 Å². The Morgan fingerprint density at radius 2 is 1.65 bits per heavy atom. The van der Waals surface area contributed by atoms with Crippen LogP contribution in [0.5, 0.6) is 11.5 Å². The number of anilines is 1. The van der Waals surface area contributed by atoms with Crippen molar-refractivity contribution >= 4 is 30.7 Å². The minimum Gasteiger partial charge on any atom is -0.507 e. The van der Waals surface area contributed by atoms with Crippen LogP contribution in [0.2, 0.25) is 6.32 Å². The Bertz CT molecular complexity index is 1630. The quantitative estimate of drug-likeness (QED) is 0.143. The molecule has 1 aliphatic carbocycles. The first-order valence-corrected chi connectivity index (χ1v) is 16.4. The molecule has 46 heavy (non-hydrogen) atoms. The SMILES string of the molecule is CCC/C(=C\c1cc(C)c(O)c(C)c1)CC[C@H]1OB(O)C[C@H]2C1=C(COc1ccccc1)C[C@H]1C(=O)N(c3ccccc3)C(=O)[C@H]12. The number of benzene rings is 3. The summed E-state index contributed by atoms with van der Waals surface area (Å²) >= 11 is 0. The van der Waals surface area contributed by atoms with Crippen LogP contribution in [0.15, 0.2) is 89.5 Å². The van der Waals surface area contributed by atoms with Gasteiger partial charge in [-0.05, 0) is 116 Å². The molecule has 2 fully saturated rings. The van der Waals surface area contributed by atoms with Crippen LogP contribution in [0.4, 0.5) is 5.69 Å². The first-order chi connectivity index (χ1) is 22.2. The highest BCUT2D eigenvalue weighted by atomic mass is 16.5. The lowest BCUT2D eigenvalue weighted by Gasteiger charge is -2.43. The van der Waals surface area contributed by atoms with Gasteiger partial charge < -0.3 is 19.5 Å². The number of aryl methyl sites for hydroxylation is 2. The highest BCUT2D eigenvalue weighted by Crippen LogP contribution is 2.51. The Kier molecular flexibility index (Phi) is 9.48. The zero-order chi connectivity index (χ0) is 32.4. The summed E-state index contributed by atoms with van der Waals surface area (Å²) in [5.41, 5.74) is 6.55. The molecular weight excluding hydrogens is 577 g/mol. The Hall–Kier alpha value is -4.14. The fourth-order valence-corrected chi connectivity index (χ4v) is 7.63. The molecule has 0 saturated carbocycles. The van der Waals surface area contributed by atoms with Crippen molar-refractivity contribution in [2.45, 2.75) is 65.3 Å². The van der Waals surface area contributed by atoms with E-state index < -0.39 is 25.1 Å². The van der Waals surface area contributed by atoms with Gasteiger partial charge in [-0.3, -0.25) is 14.5 Å². The summed E-state index contributed by atoms with van der Waals surface area (Å²) in [6.45, 7) is 6.26. The molecule has 2 saturated heterocycles. The number of rotatable bonds is 10. The molecule has 0 spiro atoms. The van der Waals surface area contributed by atoms with E-state index >= 15 is 0 Å². The highest BCUT2D eigenvalue weighted by molar-refractivity contribution is 6.43. The molecule has 6 rings (SSSR count). The fourth-order valence-electron chi connectivity index (χ4n) is 7.63. The van der Waals surface area contributed by atoms with E-state index in [0.29, 0.717) is 24.3 Å². The fraction of sp³-hybridized carbons (Fsp3) is 0.368. The summed E-state index contributed by atoms with van der Waals surface area (Å²) in [5, 5.41) is 21.3. The van der Waals surface area contributed by atoms with E-state index in [4.69, 9.17) is 9.39 Å². The summed E-state index contributed by atoms with van der Waals surface area (Å²) in [6.07, 6.45) is 5.70. The number of phenols is 1. The van der Waals surface area contributed by atoms with E-state index in [1.165, 1.54) is 10.5 Å². The first kappa shape index (κ1) is 31.8. The van der Waals surface area contributed by atoms with Crippen molar-refractivity contribution in [1.29, 1.82) is 0 Å². The largest absolute Gasteiger partial charge is 0.507 e. The third-order valence-corrected chi connectivity index (χ3v) is 9.66. The zero-order valence-electron chi connectivity index (χ0n) is 26.8. The van der Waals surface area contributed by atoms with Crippen LogP contribution in [-0.4, -0.2) is 41.8 Å². The van der Waals surface area contributed by atoms with Crippen molar-refractivity contribution in [1.82, 2.24) is 0 Å². The number of ether oxygens (including phenoxy) is 1. The smallest absolute Gasteiger partial charge is 0.455 e. The summed E-state index contributed by atoms with van der Waals surface area (Å²) in [5.74, 6) is -0.741. The molecule has 2 aliphatic heterocycles. The number of para-hydroxylation sites is 2. The highest BCUT2D eigenvalue weighted by Gasteiger charge is 2.57. The van der Waals surface area contributed by atoms with E-state index in [-0.39, 0.29) is 30.7 Å². The summed E-state index contributed by atoms with van der Waals surface area (Å²) in [4.78, 5) is 29.2. The zero-order valence-corrected chi connectivity index (χ0v) is 26.8. The van der Waals surface area contributed by atoms with Gasteiger partial charge in [0.25, 0.3) is 0 Å². The number of aromatic hydroxyl groups is 1. The van der Waals surface area contributed by atoms with Crippen molar-refractivity contribution in [3.8, 4) is 11.5 Å². The standard InChI is InChI=1S/C38H42BNO6/c1-4-11-26(20-27-18-24(2)36(41)25(3)19-27)16-17-33-34-28(23-45-30-14-9-6-10-15-30)21-31-35(32(34)22-39(44)46-33)38(43)40(37(31)42)29-12-7-5-8-13-29/h5-10,12-15,18-20,31-33,35,41,44H,4,11,16-17,21-23H2,1-3H3/b26-20+/t31-,32+,33-,35-/m1/s1. The Morgan fingerprint density at radius 1 is 0.978 bits per heavy atom. The molecule has 3 aliphatic rings. The van der Waals surface area contributed by atoms with Crippen molar-refractivity contribution in [3.05, 3.63) is 106 Å². The van der Waals surface area contributed by atoms with E-state index in [9.17, 15) is 19.7 Å². The monoisotopic (exact) mass is 619 g/mol. The van der Waals surface area contributed by atoms with E-state index in [1.54, 1.807) is 12.1 Å². The number of allylic oxidation sites excluding steroid dienone is 1. The molecule has 238 valence electrons. The van der Waals surface area contributed by atoms with Gasteiger partial charge in [0, 0.05) is 0 Å². The summed E-state index contributed by atoms with van der Waals surface area (Å²) in [7, 11) is -1.04. The van der Waals surface area contributed by atoms with E-state index in [1.807, 2.05) is 74.5 Å². The first-order valence-electron chi connectivity index (χ1n) is 16.4. The molecule has 2 N–H and O–H groups in total.